The molecule has 2 aromatic heterocycles. The van der Waals surface area contributed by atoms with Crippen molar-refractivity contribution in [2.75, 3.05) is 20.7 Å². The minimum Gasteiger partial charge on any atom is -0.465 e. The van der Waals surface area contributed by atoms with Crippen LogP contribution in [0.3, 0.4) is 0 Å². The summed E-state index contributed by atoms with van der Waals surface area (Å²) in [5.74, 6) is -1.06. The predicted octanol–water partition coefficient (Wildman–Crippen LogP) is 3.71. The molecule has 0 bridgehead atoms. The molecule has 2 unspecified atom stereocenters. The van der Waals surface area contributed by atoms with Crippen LogP contribution in [0.25, 0.3) is 0 Å². The van der Waals surface area contributed by atoms with E-state index >= 15 is 0 Å². The fraction of sp³-hybridized carbons (Fsp3) is 0.303. The third kappa shape index (κ3) is 8.79. The van der Waals surface area contributed by atoms with Crippen molar-refractivity contribution in [3.63, 3.8) is 0 Å². The lowest BCUT2D eigenvalue weighted by atomic mass is 10.00. The molecule has 230 valence electrons. The molecule has 0 fully saturated rings. The monoisotopic (exact) mass is 615 g/mol. The lowest BCUT2D eigenvalue weighted by Gasteiger charge is -2.25. The van der Waals surface area contributed by atoms with Crippen molar-refractivity contribution in [1.82, 2.24) is 25.5 Å². The molecular weight excluding hydrogens is 578 g/mol. The van der Waals surface area contributed by atoms with Crippen molar-refractivity contribution in [2.24, 2.45) is 0 Å². The average Bonchev–Trinajstić information content (AvgIpc) is 3.44. The van der Waals surface area contributed by atoms with Crippen molar-refractivity contribution in [3.05, 3.63) is 116 Å². The maximum absolute atomic E-state index is 13.4. The molecule has 2 heterocycles. The van der Waals surface area contributed by atoms with Gasteiger partial charge in [-0.15, -0.1) is 11.3 Å². The SMILES string of the molecule is COC(=O)c1ccc(CNCC(O)C(Cc2ccccc2)NC(=O)c2cccc(C(=O)N(C)Cc3nc(C)cs3)c2)nc1C. The maximum Gasteiger partial charge on any atom is 0.339 e. The number of carbonyl (C=O) groups excluding carboxylic acids is 3. The molecule has 0 spiro atoms. The number of amides is 2. The van der Waals surface area contributed by atoms with E-state index in [1.165, 1.54) is 18.4 Å². The number of carbonyl (C=O) groups is 3. The van der Waals surface area contributed by atoms with E-state index in [9.17, 15) is 19.5 Å². The zero-order valence-electron chi connectivity index (χ0n) is 25.2. The van der Waals surface area contributed by atoms with Gasteiger partial charge in [0.05, 0.1) is 42.8 Å². The molecule has 2 atom stereocenters. The van der Waals surface area contributed by atoms with Crippen LogP contribution in [0.4, 0.5) is 0 Å². The zero-order valence-corrected chi connectivity index (χ0v) is 26.1. The molecule has 0 aliphatic carbocycles. The summed E-state index contributed by atoms with van der Waals surface area (Å²) in [5, 5.41) is 20.1. The van der Waals surface area contributed by atoms with E-state index in [-0.39, 0.29) is 12.5 Å². The van der Waals surface area contributed by atoms with Crippen LogP contribution in [-0.2, 0) is 24.2 Å². The lowest BCUT2D eigenvalue weighted by Crippen LogP contribution is -2.48. The fourth-order valence-electron chi connectivity index (χ4n) is 4.69. The fourth-order valence-corrected chi connectivity index (χ4v) is 5.52. The molecule has 0 aliphatic rings. The number of aliphatic hydroxyl groups excluding tert-OH is 1. The van der Waals surface area contributed by atoms with Crippen molar-refractivity contribution >= 4 is 29.1 Å². The Labute approximate surface area is 261 Å². The molecule has 2 aromatic carbocycles. The Hall–Kier alpha value is -4.45. The van der Waals surface area contributed by atoms with E-state index < -0.39 is 24.0 Å². The van der Waals surface area contributed by atoms with E-state index in [1.807, 2.05) is 42.6 Å². The summed E-state index contributed by atoms with van der Waals surface area (Å²) >= 11 is 1.50. The summed E-state index contributed by atoms with van der Waals surface area (Å²) in [5.41, 5.74) is 4.21. The van der Waals surface area contributed by atoms with Gasteiger partial charge in [0.1, 0.15) is 5.01 Å². The van der Waals surface area contributed by atoms with E-state index in [0.29, 0.717) is 47.6 Å². The van der Waals surface area contributed by atoms with Gasteiger partial charge in [-0.05, 0) is 56.2 Å². The number of nitrogens with zero attached hydrogens (tertiary/aromatic N) is 3. The summed E-state index contributed by atoms with van der Waals surface area (Å²) in [6, 6.07) is 18.9. The van der Waals surface area contributed by atoms with Crippen LogP contribution in [-0.4, -0.2) is 70.6 Å². The molecule has 0 aliphatic heterocycles. The minimum atomic E-state index is -0.938. The highest BCUT2D eigenvalue weighted by molar-refractivity contribution is 7.09. The molecule has 10 nitrogen and oxygen atoms in total. The molecule has 0 radical (unpaired) electrons. The highest BCUT2D eigenvalue weighted by Gasteiger charge is 2.23. The lowest BCUT2D eigenvalue weighted by molar-refractivity contribution is 0.0598. The number of aryl methyl sites for hydroxylation is 2. The third-order valence-corrected chi connectivity index (χ3v) is 8.00. The molecule has 3 N–H and O–H groups in total. The number of benzene rings is 2. The highest BCUT2D eigenvalue weighted by Crippen LogP contribution is 2.15. The summed E-state index contributed by atoms with van der Waals surface area (Å²) < 4.78 is 4.78. The van der Waals surface area contributed by atoms with Gasteiger partial charge >= 0.3 is 5.97 Å². The second-order valence-corrected chi connectivity index (χ2v) is 11.5. The van der Waals surface area contributed by atoms with Gasteiger partial charge in [-0.2, -0.15) is 0 Å². The molecule has 2 amide bonds. The Morgan fingerprint density at radius 3 is 2.43 bits per heavy atom. The first-order valence-corrected chi connectivity index (χ1v) is 15.1. The Bertz CT molecular complexity index is 1590. The van der Waals surface area contributed by atoms with E-state index in [0.717, 1.165) is 16.3 Å². The number of ether oxygens (including phenoxy) is 1. The predicted molar refractivity (Wildman–Crippen MR) is 169 cm³/mol. The van der Waals surface area contributed by atoms with Crippen molar-refractivity contribution < 1.29 is 24.2 Å². The summed E-state index contributed by atoms with van der Waals surface area (Å²) in [6.45, 7) is 4.54. The molecule has 4 rings (SSSR count). The van der Waals surface area contributed by atoms with E-state index in [1.54, 1.807) is 55.3 Å². The number of methoxy groups -OCH3 is 1. The zero-order chi connectivity index (χ0) is 31.6. The van der Waals surface area contributed by atoms with E-state index in [4.69, 9.17) is 4.74 Å². The first kappa shape index (κ1) is 32.5. The number of aromatic nitrogens is 2. The minimum absolute atomic E-state index is 0.177. The number of esters is 1. The first-order valence-electron chi connectivity index (χ1n) is 14.2. The van der Waals surface area contributed by atoms with Crippen LogP contribution in [0.15, 0.2) is 72.1 Å². The molecule has 0 saturated carbocycles. The molecule has 4 aromatic rings. The van der Waals surface area contributed by atoms with Gasteiger partial charge in [-0.1, -0.05) is 36.4 Å². The standard InChI is InChI=1S/C33H37N5O5S/c1-21-20-44-30(35-21)19-38(3)32(41)25-12-8-11-24(16-25)31(40)37-28(15-23-9-6-5-7-10-23)29(39)18-34-17-26-13-14-27(22(2)36-26)33(42)43-4/h5-14,16,20,28-29,34,39H,15,17-19H2,1-4H3,(H,37,40). The number of pyridine rings is 1. The van der Waals surface area contributed by atoms with Crippen LogP contribution < -0.4 is 10.6 Å². The van der Waals surface area contributed by atoms with Crippen molar-refractivity contribution in [2.45, 2.75) is 45.5 Å². The van der Waals surface area contributed by atoms with Crippen LogP contribution in [0.2, 0.25) is 0 Å². The molecular formula is C33H37N5O5S. The van der Waals surface area contributed by atoms with Crippen LogP contribution >= 0.6 is 11.3 Å². The largest absolute Gasteiger partial charge is 0.465 e. The molecule has 11 heteroatoms. The quantitative estimate of drug-likeness (QED) is 0.194. The smallest absolute Gasteiger partial charge is 0.339 e. The van der Waals surface area contributed by atoms with Crippen molar-refractivity contribution in [3.8, 4) is 0 Å². The van der Waals surface area contributed by atoms with Crippen LogP contribution in [0, 0.1) is 13.8 Å². The Balaban J connectivity index is 1.42. The number of aliphatic hydroxyl groups is 1. The van der Waals surface area contributed by atoms with Crippen molar-refractivity contribution in [1.29, 1.82) is 0 Å². The molecule has 0 saturated heterocycles. The van der Waals surface area contributed by atoms with Gasteiger partial charge < -0.3 is 25.4 Å². The van der Waals surface area contributed by atoms with Gasteiger partial charge in [0.25, 0.3) is 11.8 Å². The number of hydrogen-bond donors (Lipinski definition) is 3. The first-order chi connectivity index (χ1) is 21.1. The van der Waals surface area contributed by atoms with E-state index in [2.05, 4.69) is 20.6 Å². The number of thiazole rings is 1. The third-order valence-electron chi connectivity index (χ3n) is 7.05. The summed E-state index contributed by atoms with van der Waals surface area (Å²) in [4.78, 5) is 48.8. The Morgan fingerprint density at radius 2 is 1.75 bits per heavy atom. The summed E-state index contributed by atoms with van der Waals surface area (Å²) in [6.07, 6.45) is -0.540. The van der Waals surface area contributed by atoms with Gasteiger partial charge in [0.2, 0.25) is 0 Å². The van der Waals surface area contributed by atoms with Gasteiger partial charge in [0, 0.05) is 42.3 Å². The summed E-state index contributed by atoms with van der Waals surface area (Å²) in [7, 11) is 3.03. The number of nitrogens with one attached hydrogen (secondary N) is 2. The Kier molecular flexibility index (Phi) is 11.3. The maximum atomic E-state index is 13.4. The average molecular weight is 616 g/mol. The topological polar surface area (TPSA) is 134 Å². The highest BCUT2D eigenvalue weighted by atomic mass is 32.1. The normalized spacial score (nSPS) is 12.3. The number of hydrogen-bond acceptors (Lipinski definition) is 9. The van der Waals surface area contributed by atoms with Gasteiger partial charge in [-0.25, -0.2) is 9.78 Å². The number of rotatable bonds is 13. The second kappa shape index (κ2) is 15.3. The second-order valence-electron chi connectivity index (χ2n) is 10.5. The molecule has 44 heavy (non-hydrogen) atoms. The van der Waals surface area contributed by atoms with Gasteiger partial charge in [0.15, 0.2) is 0 Å². The van der Waals surface area contributed by atoms with Crippen LogP contribution in [0.1, 0.15) is 58.7 Å². The van der Waals surface area contributed by atoms with Gasteiger partial charge in [-0.3, -0.25) is 14.6 Å². The van der Waals surface area contributed by atoms with Crippen LogP contribution in [0.5, 0.6) is 0 Å². The Morgan fingerprint density at radius 1 is 1.00 bits per heavy atom.